The van der Waals surface area contributed by atoms with E-state index >= 15 is 0 Å². The van der Waals surface area contributed by atoms with Gasteiger partial charge >= 0.3 is 0 Å². The van der Waals surface area contributed by atoms with Crippen molar-refractivity contribution in [3.8, 4) is 0 Å². The molecule has 0 aliphatic heterocycles. The van der Waals surface area contributed by atoms with Crippen LogP contribution < -0.4 is 11.1 Å². The smallest absolute Gasteiger partial charge is 0.225 e. The van der Waals surface area contributed by atoms with Crippen molar-refractivity contribution in [3.05, 3.63) is 35.4 Å². The highest BCUT2D eigenvalue weighted by molar-refractivity contribution is 5.93. The molecular formula is C14H21N3O2. The van der Waals surface area contributed by atoms with Gasteiger partial charge in [0.05, 0.1) is 12.0 Å². The summed E-state index contributed by atoms with van der Waals surface area (Å²) in [6, 6.07) is 7.76. The fourth-order valence-corrected chi connectivity index (χ4v) is 1.80. The summed E-state index contributed by atoms with van der Waals surface area (Å²) in [5.74, 6) is -0.144. The standard InChI is InChI=1S/C14H21N3O2/c1-4-14(3,13(15)17-19)16-12(18)9-11-7-5-6-10(2)8-11/h5-8,19H,4,9H2,1-3H3,(H2,15,17)(H,16,18). The normalized spacial score (nSPS) is 14.8. The lowest BCUT2D eigenvalue weighted by Gasteiger charge is -2.28. The van der Waals surface area contributed by atoms with Gasteiger partial charge < -0.3 is 16.3 Å². The molecule has 0 fully saturated rings. The van der Waals surface area contributed by atoms with Crippen molar-refractivity contribution >= 4 is 11.7 Å². The van der Waals surface area contributed by atoms with Crippen LogP contribution in [0, 0.1) is 6.92 Å². The van der Waals surface area contributed by atoms with E-state index in [0.29, 0.717) is 6.42 Å². The molecule has 0 spiro atoms. The highest BCUT2D eigenvalue weighted by Crippen LogP contribution is 2.11. The second-order valence-corrected chi connectivity index (χ2v) is 4.88. The quantitative estimate of drug-likeness (QED) is 0.326. The maximum absolute atomic E-state index is 12.0. The van der Waals surface area contributed by atoms with E-state index in [-0.39, 0.29) is 18.2 Å². The number of oxime groups is 1. The van der Waals surface area contributed by atoms with Crippen LogP contribution >= 0.6 is 0 Å². The molecule has 5 nitrogen and oxygen atoms in total. The molecule has 0 saturated carbocycles. The lowest BCUT2D eigenvalue weighted by atomic mass is 9.96. The van der Waals surface area contributed by atoms with E-state index in [1.165, 1.54) is 0 Å². The highest BCUT2D eigenvalue weighted by Gasteiger charge is 2.29. The minimum atomic E-state index is -0.824. The Kier molecular flexibility index (Phi) is 4.92. The summed E-state index contributed by atoms with van der Waals surface area (Å²) in [5, 5.41) is 14.5. The molecule has 19 heavy (non-hydrogen) atoms. The third-order valence-electron chi connectivity index (χ3n) is 3.24. The molecule has 0 aromatic heterocycles. The van der Waals surface area contributed by atoms with Gasteiger partial charge in [-0.25, -0.2) is 0 Å². The molecule has 1 unspecified atom stereocenters. The number of amidine groups is 1. The van der Waals surface area contributed by atoms with Gasteiger partial charge in [0, 0.05) is 0 Å². The number of carbonyl (C=O) groups excluding carboxylic acids is 1. The first kappa shape index (κ1) is 15.0. The average Bonchev–Trinajstić information content (AvgIpc) is 2.37. The van der Waals surface area contributed by atoms with Crippen molar-refractivity contribution in [3.63, 3.8) is 0 Å². The number of nitrogens with two attached hydrogens (primary N) is 1. The number of nitrogens with zero attached hydrogens (tertiary/aromatic N) is 1. The number of benzene rings is 1. The average molecular weight is 263 g/mol. The Morgan fingerprint density at radius 2 is 2.21 bits per heavy atom. The van der Waals surface area contributed by atoms with Crippen molar-refractivity contribution in [1.29, 1.82) is 0 Å². The predicted octanol–water partition coefficient (Wildman–Crippen LogP) is 1.57. The maximum Gasteiger partial charge on any atom is 0.225 e. The lowest BCUT2D eigenvalue weighted by molar-refractivity contribution is -0.121. The molecule has 5 heteroatoms. The van der Waals surface area contributed by atoms with E-state index < -0.39 is 5.54 Å². The summed E-state index contributed by atoms with van der Waals surface area (Å²) < 4.78 is 0. The molecule has 0 saturated heterocycles. The number of amides is 1. The summed E-state index contributed by atoms with van der Waals surface area (Å²) >= 11 is 0. The first-order valence-corrected chi connectivity index (χ1v) is 6.26. The summed E-state index contributed by atoms with van der Waals surface area (Å²) in [7, 11) is 0. The number of aryl methyl sites for hydroxylation is 1. The minimum Gasteiger partial charge on any atom is -0.409 e. The van der Waals surface area contributed by atoms with Crippen LogP contribution in [0.2, 0.25) is 0 Å². The van der Waals surface area contributed by atoms with Gasteiger partial charge in [-0.2, -0.15) is 0 Å². The van der Waals surface area contributed by atoms with Crippen LogP contribution in [0.3, 0.4) is 0 Å². The van der Waals surface area contributed by atoms with Crippen molar-refractivity contribution in [2.75, 3.05) is 0 Å². The molecule has 1 amide bonds. The number of hydrogen-bond donors (Lipinski definition) is 3. The zero-order chi connectivity index (χ0) is 14.5. The first-order chi connectivity index (χ1) is 8.91. The Bertz CT molecular complexity index is 485. The van der Waals surface area contributed by atoms with Crippen molar-refractivity contribution in [2.24, 2.45) is 10.9 Å². The van der Waals surface area contributed by atoms with Gasteiger partial charge in [0.25, 0.3) is 0 Å². The SMILES string of the molecule is CCC(C)(NC(=O)Cc1cccc(C)c1)C(N)=NO. The van der Waals surface area contributed by atoms with Crippen LogP contribution in [0.15, 0.2) is 29.4 Å². The Labute approximate surface area is 113 Å². The largest absolute Gasteiger partial charge is 0.409 e. The van der Waals surface area contributed by atoms with E-state index in [2.05, 4.69) is 10.5 Å². The molecular weight excluding hydrogens is 242 g/mol. The van der Waals surface area contributed by atoms with Crippen LogP contribution in [-0.4, -0.2) is 22.5 Å². The third-order valence-corrected chi connectivity index (χ3v) is 3.24. The summed E-state index contributed by atoms with van der Waals surface area (Å²) in [4.78, 5) is 12.0. The first-order valence-electron chi connectivity index (χ1n) is 6.26. The number of carbonyl (C=O) groups is 1. The molecule has 0 aliphatic rings. The van der Waals surface area contributed by atoms with Gasteiger partial charge in [0.2, 0.25) is 5.91 Å². The maximum atomic E-state index is 12.0. The molecule has 0 radical (unpaired) electrons. The molecule has 1 atom stereocenters. The van der Waals surface area contributed by atoms with Crippen molar-refractivity contribution < 1.29 is 10.0 Å². The zero-order valence-corrected chi connectivity index (χ0v) is 11.6. The van der Waals surface area contributed by atoms with Gasteiger partial charge in [-0.1, -0.05) is 41.9 Å². The number of rotatable bonds is 5. The summed E-state index contributed by atoms with van der Waals surface area (Å²) in [5.41, 5.74) is 6.84. The summed E-state index contributed by atoms with van der Waals surface area (Å²) in [6.45, 7) is 5.58. The van der Waals surface area contributed by atoms with Crippen molar-refractivity contribution in [1.82, 2.24) is 5.32 Å². The molecule has 104 valence electrons. The summed E-state index contributed by atoms with van der Waals surface area (Å²) in [6.07, 6.45) is 0.818. The van der Waals surface area contributed by atoms with Crippen LogP contribution in [0.25, 0.3) is 0 Å². The molecule has 1 aromatic carbocycles. The molecule has 0 bridgehead atoms. The second-order valence-electron chi connectivity index (χ2n) is 4.88. The fourth-order valence-electron chi connectivity index (χ4n) is 1.80. The Balaban J connectivity index is 2.74. The van der Waals surface area contributed by atoms with E-state index in [9.17, 15) is 4.79 Å². The molecule has 4 N–H and O–H groups in total. The number of hydrogen-bond acceptors (Lipinski definition) is 3. The Morgan fingerprint density at radius 3 is 2.74 bits per heavy atom. The van der Waals surface area contributed by atoms with Crippen LogP contribution in [-0.2, 0) is 11.2 Å². The topological polar surface area (TPSA) is 87.7 Å². The molecule has 1 aromatic rings. The second kappa shape index (κ2) is 6.22. The molecule has 0 heterocycles. The van der Waals surface area contributed by atoms with Crippen LogP contribution in [0.4, 0.5) is 0 Å². The Morgan fingerprint density at radius 1 is 1.53 bits per heavy atom. The third kappa shape index (κ3) is 3.98. The zero-order valence-electron chi connectivity index (χ0n) is 11.6. The van der Waals surface area contributed by atoms with E-state index in [1.54, 1.807) is 6.92 Å². The van der Waals surface area contributed by atoms with Gasteiger partial charge in [0.1, 0.15) is 0 Å². The minimum absolute atomic E-state index is 0.00703. The van der Waals surface area contributed by atoms with Gasteiger partial charge in [-0.3, -0.25) is 4.79 Å². The van der Waals surface area contributed by atoms with Crippen LogP contribution in [0.5, 0.6) is 0 Å². The van der Waals surface area contributed by atoms with E-state index in [4.69, 9.17) is 10.9 Å². The van der Waals surface area contributed by atoms with Gasteiger partial charge in [0.15, 0.2) is 5.84 Å². The van der Waals surface area contributed by atoms with Crippen LogP contribution in [0.1, 0.15) is 31.4 Å². The van der Waals surface area contributed by atoms with E-state index in [1.807, 2.05) is 38.1 Å². The lowest BCUT2D eigenvalue weighted by Crippen LogP contribution is -2.55. The number of nitrogens with one attached hydrogen (secondary N) is 1. The van der Waals surface area contributed by atoms with E-state index in [0.717, 1.165) is 11.1 Å². The fraction of sp³-hybridized carbons (Fsp3) is 0.429. The molecule has 0 aliphatic carbocycles. The molecule has 1 rings (SSSR count). The van der Waals surface area contributed by atoms with Gasteiger partial charge in [-0.15, -0.1) is 0 Å². The van der Waals surface area contributed by atoms with Gasteiger partial charge in [-0.05, 0) is 25.8 Å². The predicted molar refractivity (Wildman–Crippen MR) is 75.1 cm³/mol. The van der Waals surface area contributed by atoms with Crippen molar-refractivity contribution in [2.45, 2.75) is 39.2 Å². The monoisotopic (exact) mass is 263 g/mol. The highest BCUT2D eigenvalue weighted by atomic mass is 16.4. The Hall–Kier alpha value is -2.04.